The fourth-order valence-corrected chi connectivity index (χ4v) is 4.56. The first-order chi connectivity index (χ1) is 14.5. The van der Waals surface area contributed by atoms with Gasteiger partial charge in [0.1, 0.15) is 17.4 Å². The number of hydrogen-bond donors (Lipinski definition) is 0. The molecular formula is C24H25FN4O. The Morgan fingerprint density at radius 1 is 1.23 bits per heavy atom. The van der Waals surface area contributed by atoms with E-state index in [0.717, 1.165) is 49.2 Å². The largest absolute Gasteiger partial charge is 0.438 e. The number of oxazole rings is 1. The number of nitrogens with zero attached hydrogens (tertiary/aromatic N) is 4. The highest BCUT2D eigenvalue weighted by molar-refractivity contribution is 6.02. The summed E-state index contributed by atoms with van der Waals surface area (Å²) in [6.45, 7) is 3.58. The number of halogens is 1. The van der Waals surface area contributed by atoms with E-state index in [1.807, 2.05) is 13.0 Å². The lowest BCUT2D eigenvalue weighted by atomic mass is 9.92. The van der Waals surface area contributed by atoms with Crippen molar-refractivity contribution in [1.29, 1.82) is 5.26 Å². The average Bonchev–Trinajstić information content (AvgIpc) is 3.29. The summed E-state index contributed by atoms with van der Waals surface area (Å²) >= 11 is 0. The Balaban J connectivity index is 1.81. The number of anilines is 1. The van der Waals surface area contributed by atoms with Crippen LogP contribution in [0.25, 0.3) is 22.2 Å². The van der Waals surface area contributed by atoms with Crippen LogP contribution in [0.15, 0.2) is 28.7 Å². The number of nitriles is 1. The van der Waals surface area contributed by atoms with E-state index in [-0.39, 0.29) is 5.82 Å². The monoisotopic (exact) mass is 404 g/mol. The first-order valence-corrected chi connectivity index (χ1v) is 10.5. The minimum Gasteiger partial charge on any atom is -0.438 e. The lowest BCUT2D eigenvalue weighted by molar-refractivity contribution is 0.315. The van der Waals surface area contributed by atoms with Gasteiger partial charge >= 0.3 is 0 Å². The van der Waals surface area contributed by atoms with Crippen molar-refractivity contribution in [3.05, 3.63) is 47.1 Å². The number of rotatable bonds is 4. The van der Waals surface area contributed by atoms with Crippen molar-refractivity contribution in [2.45, 2.75) is 38.1 Å². The molecule has 2 aliphatic rings. The topological polar surface area (TPSA) is 56.3 Å². The Morgan fingerprint density at radius 3 is 2.63 bits per heavy atom. The first kappa shape index (κ1) is 19.1. The molecule has 0 radical (unpaired) electrons. The lowest BCUT2D eigenvalue weighted by Crippen LogP contribution is -2.31. The third-order valence-corrected chi connectivity index (χ3v) is 6.47. The van der Waals surface area contributed by atoms with Crippen LogP contribution in [-0.2, 0) is 0 Å². The molecule has 1 unspecified atom stereocenters. The molecule has 2 heterocycles. The molecule has 5 nitrogen and oxygen atoms in total. The second-order valence-corrected chi connectivity index (χ2v) is 8.67. The molecule has 6 heteroatoms. The minimum atomic E-state index is -0.296. The first-order valence-electron chi connectivity index (χ1n) is 10.5. The third kappa shape index (κ3) is 2.96. The molecule has 1 atom stereocenters. The van der Waals surface area contributed by atoms with Crippen LogP contribution in [0.3, 0.4) is 0 Å². The normalized spacial score (nSPS) is 19.1. The maximum atomic E-state index is 15.0. The number of benzene rings is 2. The van der Waals surface area contributed by atoms with Gasteiger partial charge in [0, 0.05) is 36.2 Å². The van der Waals surface area contributed by atoms with E-state index in [9.17, 15) is 9.65 Å². The molecule has 0 spiro atoms. The molecule has 0 N–H and O–H groups in total. The second-order valence-electron chi connectivity index (χ2n) is 8.67. The predicted molar refractivity (Wildman–Crippen MR) is 115 cm³/mol. The van der Waals surface area contributed by atoms with Gasteiger partial charge in [-0.3, -0.25) is 0 Å². The number of fused-ring (bicyclic) bond motifs is 1. The molecule has 2 fully saturated rings. The number of aromatic nitrogens is 1. The maximum Gasteiger partial charge on any atom is 0.198 e. The Bertz CT molecular complexity index is 1170. The molecule has 1 saturated carbocycles. The van der Waals surface area contributed by atoms with Gasteiger partial charge in [0.05, 0.1) is 11.3 Å². The van der Waals surface area contributed by atoms with Crippen LogP contribution in [-0.4, -0.2) is 43.1 Å². The van der Waals surface area contributed by atoms with Gasteiger partial charge in [-0.2, -0.15) is 5.26 Å². The van der Waals surface area contributed by atoms with Crippen LogP contribution in [0.5, 0.6) is 0 Å². The van der Waals surface area contributed by atoms with E-state index in [2.05, 4.69) is 30.0 Å². The highest BCUT2D eigenvalue weighted by Crippen LogP contribution is 2.47. The van der Waals surface area contributed by atoms with Crippen LogP contribution >= 0.6 is 0 Å². The molecule has 1 aromatic heterocycles. The van der Waals surface area contributed by atoms with Crippen LogP contribution in [0, 0.1) is 24.1 Å². The summed E-state index contributed by atoms with van der Waals surface area (Å²) in [5.41, 5.74) is 4.59. The Labute approximate surface area is 175 Å². The van der Waals surface area contributed by atoms with Gasteiger partial charge in [-0.15, -0.1) is 0 Å². The Kier molecular flexibility index (Phi) is 4.52. The Morgan fingerprint density at radius 2 is 2.00 bits per heavy atom. The van der Waals surface area contributed by atoms with Crippen molar-refractivity contribution in [3.63, 3.8) is 0 Å². The minimum absolute atomic E-state index is 0.296. The molecular weight excluding hydrogens is 379 g/mol. The lowest BCUT2D eigenvalue weighted by Gasteiger charge is -2.25. The van der Waals surface area contributed by atoms with Gasteiger partial charge in [0.15, 0.2) is 11.5 Å². The summed E-state index contributed by atoms with van der Waals surface area (Å²) in [7, 11) is 4.18. The van der Waals surface area contributed by atoms with E-state index >= 15 is 0 Å². The van der Waals surface area contributed by atoms with E-state index in [1.165, 1.54) is 6.07 Å². The molecule has 154 valence electrons. The van der Waals surface area contributed by atoms with Crippen molar-refractivity contribution >= 4 is 16.8 Å². The van der Waals surface area contributed by atoms with Crippen molar-refractivity contribution in [3.8, 4) is 17.2 Å². The third-order valence-electron chi connectivity index (χ3n) is 6.47. The van der Waals surface area contributed by atoms with Crippen molar-refractivity contribution in [2.75, 3.05) is 32.1 Å². The molecule has 0 amide bonds. The summed E-state index contributed by atoms with van der Waals surface area (Å²) < 4.78 is 21.2. The van der Waals surface area contributed by atoms with Gasteiger partial charge < -0.3 is 14.2 Å². The fourth-order valence-electron chi connectivity index (χ4n) is 4.56. The van der Waals surface area contributed by atoms with E-state index < -0.39 is 0 Å². The van der Waals surface area contributed by atoms with Crippen LogP contribution in [0.4, 0.5) is 10.1 Å². The van der Waals surface area contributed by atoms with Crippen LogP contribution in [0.2, 0.25) is 0 Å². The summed E-state index contributed by atoms with van der Waals surface area (Å²) in [6.07, 6.45) is 3.15. The van der Waals surface area contributed by atoms with Crippen LogP contribution < -0.4 is 4.90 Å². The fraction of sp³-hybridized carbons (Fsp3) is 0.417. The quantitative estimate of drug-likeness (QED) is 0.623. The predicted octanol–water partition coefficient (Wildman–Crippen LogP) is 4.83. The van der Waals surface area contributed by atoms with Crippen LogP contribution in [0.1, 0.15) is 42.2 Å². The smallest absolute Gasteiger partial charge is 0.198 e. The molecule has 2 aromatic carbocycles. The Hall–Kier alpha value is -2.91. The molecule has 1 aliphatic carbocycles. The number of likely N-dealkylation sites (N-methyl/N-ethyl adjacent to an activating group) is 1. The average molecular weight is 404 g/mol. The van der Waals surface area contributed by atoms with Gasteiger partial charge in [-0.1, -0.05) is 18.2 Å². The number of hydrogen-bond acceptors (Lipinski definition) is 5. The summed E-state index contributed by atoms with van der Waals surface area (Å²) in [4.78, 5) is 9.24. The maximum absolute atomic E-state index is 15.0. The molecule has 5 rings (SSSR count). The summed E-state index contributed by atoms with van der Waals surface area (Å²) in [6, 6.07) is 9.50. The standard InChI is InChI=1S/C24H25FN4O/c1-14-18(12-26)21-23(30-24(27-21)15-8-9-15)22(29-11-10-16(13-29)28(2)3)20(14)17-6-4-5-7-19(17)25/h4-7,15-16H,8-11,13H2,1-3H3. The molecule has 3 aromatic rings. The molecule has 0 bridgehead atoms. The molecule has 30 heavy (non-hydrogen) atoms. The van der Waals surface area contributed by atoms with E-state index in [1.54, 1.807) is 12.1 Å². The zero-order chi connectivity index (χ0) is 21.0. The van der Waals surface area contributed by atoms with Gasteiger partial charge in [-0.05, 0) is 51.9 Å². The second kappa shape index (κ2) is 7.10. The summed E-state index contributed by atoms with van der Waals surface area (Å²) in [5, 5.41) is 9.95. The van der Waals surface area contributed by atoms with Crippen molar-refractivity contribution < 1.29 is 8.81 Å². The van der Waals surface area contributed by atoms with Gasteiger partial charge in [-0.25, -0.2) is 9.37 Å². The summed E-state index contributed by atoms with van der Waals surface area (Å²) in [5.74, 6) is 0.744. The van der Waals surface area contributed by atoms with E-state index in [4.69, 9.17) is 9.40 Å². The van der Waals surface area contributed by atoms with E-state index in [0.29, 0.717) is 40.1 Å². The van der Waals surface area contributed by atoms with Gasteiger partial charge in [0.25, 0.3) is 0 Å². The highest BCUT2D eigenvalue weighted by atomic mass is 19.1. The zero-order valence-electron chi connectivity index (χ0n) is 17.6. The van der Waals surface area contributed by atoms with Crippen molar-refractivity contribution in [2.24, 2.45) is 0 Å². The van der Waals surface area contributed by atoms with Crippen molar-refractivity contribution in [1.82, 2.24) is 9.88 Å². The zero-order valence-corrected chi connectivity index (χ0v) is 17.6. The highest BCUT2D eigenvalue weighted by Gasteiger charge is 2.35. The molecule has 1 saturated heterocycles. The SMILES string of the molecule is Cc1c(-c2ccccc2F)c(N2CCC(N(C)C)C2)c2oc(C3CC3)nc2c1C#N. The van der Waals surface area contributed by atoms with Gasteiger partial charge in [0.2, 0.25) is 0 Å². The molecule has 1 aliphatic heterocycles.